The average Bonchev–Trinajstić information content (AvgIpc) is 2.15. The highest BCUT2D eigenvalue weighted by molar-refractivity contribution is 4.95. The summed E-state index contributed by atoms with van der Waals surface area (Å²) in [5, 5.41) is 27.0. The fourth-order valence-corrected chi connectivity index (χ4v) is 1.45. The Bertz CT molecular complexity index is 181. The van der Waals surface area contributed by atoms with Gasteiger partial charge in [0.15, 0.2) is 6.29 Å². The molecule has 0 aromatic heterocycles. The summed E-state index contributed by atoms with van der Waals surface area (Å²) in [7, 11) is 0. The van der Waals surface area contributed by atoms with E-state index in [2.05, 4.69) is 0 Å². The average molecular weight is 202 g/mol. The summed E-state index contributed by atoms with van der Waals surface area (Å²) >= 11 is 0. The zero-order valence-electron chi connectivity index (χ0n) is 8.17. The topological polar surface area (TPSA) is 69.9 Å². The van der Waals surface area contributed by atoms with Crippen molar-refractivity contribution in [2.75, 3.05) is 6.61 Å². The second-order valence-electron chi connectivity index (χ2n) is 3.52. The van der Waals surface area contributed by atoms with Crippen LogP contribution in [-0.2, 0) is 4.74 Å². The molecule has 0 unspecified atom stereocenters. The van der Waals surface area contributed by atoms with E-state index in [4.69, 9.17) is 9.84 Å². The summed E-state index contributed by atoms with van der Waals surface area (Å²) in [6, 6.07) is 0. The summed E-state index contributed by atoms with van der Waals surface area (Å²) in [5.41, 5.74) is 0. The van der Waals surface area contributed by atoms with Crippen LogP contribution in [0.15, 0.2) is 12.2 Å². The molecule has 1 rings (SSSR count). The zero-order valence-corrected chi connectivity index (χ0v) is 8.17. The SMILES string of the molecule is OCC[C@H](O)/C=C\[C@@H]1CCC[C@@H](O)O1. The highest BCUT2D eigenvalue weighted by atomic mass is 16.6. The molecule has 4 nitrogen and oxygen atoms in total. The van der Waals surface area contributed by atoms with E-state index in [9.17, 15) is 10.2 Å². The highest BCUT2D eigenvalue weighted by Gasteiger charge is 2.17. The number of hydrogen-bond acceptors (Lipinski definition) is 4. The van der Waals surface area contributed by atoms with Crippen LogP contribution in [0.1, 0.15) is 25.7 Å². The van der Waals surface area contributed by atoms with Crippen LogP contribution in [0, 0.1) is 0 Å². The van der Waals surface area contributed by atoms with Gasteiger partial charge in [0.05, 0.1) is 12.2 Å². The smallest absolute Gasteiger partial charge is 0.155 e. The third-order valence-corrected chi connectivity index (χ3v) is 2.24. The molecule has 4 heteroatoms. The predicted octanol–water partition coefficient (Wildman–Crippen LogP) is 0.173. The third-order valence-electron chi connectivity index (χ3n) is 2.24. The van der Waals surface area contributed by atoms with E-state index in [1.165, 1.54) is 0 Å². The van der Waals surface area contributed by atoms with Gasteiger partial charge in [0.1, 0.15) is 0 Å². The Morgan fingerprint density at radius 2 is 2.21 bits per heavy atom. The number of aliphatic hydroxyl groups is 3. The predicted molar refractivity (Wildman–Crippen MR) is 51.6 cm³/mol. The van der Waals surface area contributed by atoms with Crippen LogP contribution in [0.25, 0.3) is 0 Å². The van der Waals surface area contributed by atoms with Gasteiger partial charge in [-0.3, -0.25) is 0 Å². The lowest BCUT2D eigenvalue weighted by atomic mass is 10.1. The van der Waals surface area contributed by atoms with Crippen LogP contribution in [-0.4, -0.2) is 40.4 Å². The zero-order chi connectivity index (χ0) is 10.4. The van der Waals surface area contributed by atoms with Gasteiger partial charge in [-0.05, 0) is 25.7 Å². The van der Waals surface area contributed by atoms with Crippen LogP contribution >= 0.6 is 0 Å². The quantitative estimate of drug-likeness (QED) is 0.568. The van der Waals surface area contributed by atoms with Gasteiger partial charge in [-0.1, -0.05) is 12.2 Å². The number of aliphatic hydroxyl groups excluding tert-OH is 3. The molecule has 0 aromatic carbocycles. The Labute approximate surface area is 83.8 Å². The minimum absolute atomic E-state index is 0.0281. The van der Waals surface area contributed by atoms with Gasteiger partial charge in [-0.15, -0.1) is 0 Å². The first kappa shape index (κ1) is 11.7. The summed E-state index contributed by atoms with van der Waals surface area (Å²) in [5.74, 6) is 0. The maximum Gasteiger partial charge on any atom is 0.155 e. The molecule has 0 radical (unpaired) electrons. The summed E-state index contributed by atoms with van der Waals surface area (Å²) in [4.78, 5) is 0. The minimum atomic E-state index is -0.673. The van der Waals surface area contributed by atoms with Crippen molar-refractivity contribution in [2.45, 2.75) is 44.2 Å². The lowest BCUT2D eigenvalue weighted by Gasteiger charge is -2.24. The van der Waals surface area contributed by atoms with Gasteiger partial charge in [-0.25, -0.2) is 0 Å². The number of hydrogen-bond donors (Lipinski definition) is 3. The van der Waals surface area contributed by atoms with E-state index in [0.29, 0.717) is 12.8 Å². The van der Waals surface area contributed by atoms with Gasteiger partial charge >= 0.3 is 0 Å². The minimum Gasteiger partial charge on any atom is -0.396 e. The first-order valence-corrected chi connectivity index (χ1v) is 5.03. The van der Waals surface area contributed by atoms with Crippen molar-refractivity contribution < 1.29 is 20.1 Å². The Hall–Kier alpha value is -0.420. The molecule has 14 heavy (non-hydrogen) atoms. The van der Waals surface area contributed by atoms with E-state index in [1.54, 1.807) is 12.2 Å². The second kappa shape index (κ2) is 6.14. The summed E-state index contributed by atoms with van der Waals surface area (Å²) < 4.78 is 5.21. The van der Waals surface area contributed by atoms with Crippen molar-refractivity contribution in [3.05, 3.63) is 12.2 Å². The molecule has 3 atom stereocenters. The summed E-state index contributed by atoms with van der Waals surface area (Å²) in [6.07, 6.45) is 4.80. The first-order chi connectivity index (χ1) is 6.72. The van der Waals surface area contributed by atoms with Crippen molar-refractivity contribution in [3.63, 3.8) is 0 Å². The van der Waals surface area contributed by atoms with E-state index in [1.807, 2.05) is 0 Å². The van der Waals surface area contributed by atoms with Crippen molar-refractivity contribution >= 4 is 0 Å². The van der Waals surface area contributed by atoms with Crippen LogP contribution in [0.4, 0.5) is 0 Å². The molecule has 0 aromatic rings. The lowest BCUT2D eigenvalue weighted by Crippen LogP contribution is -2.25. The van der Waals surface area contributed by atoms with Crippen molar-refractivity contribution in [1.82, 2.24) is 0 Å². The van der Waals surface area contributed by atoms with Crippen LogP contribution in [0.2, 0.25) is 0 Å². The fraction of sp³-hybridized carbons (Fsp3) is 0.800. The Morgan fingerprint density at radius 1 is 1.43 bits per heavy atom. The lowest BCUT2D eigenvalue weighted by molar-refractivity contribution is -0.148. The standard InChI is InChI=1S/C10H18O4/c11-7-6-8(12)4-5-9-2-1-3-10(13)14-9/h4-5,8-13H,1-3,6-7H2/b5-4-/t8-,9+,10+/m1/s1. The van der Waals surface area contributed by atoms with Crippen LogP contribution in [0.3, 0.4) is 0 Å². The van der Waals surface area contributed by atoms with Gasteiger partial charge < -0.3 is 20.1 Å². The largest absolute Gasteiger partial charge is 0.396 e. The molecular weight excluding hydrogens is 184 g/mol. The monoisotopic (exact) mass is 202 g/mol. The third kappa shape index (κ3) is 4.19. The normalized spacial score (nSPS) is 30.8. The molecule has 0 spiro atoms. The molecule has 0 aliphatic carbocycles. The second-order valence-corrected chi connectivity index (χ2v) is 3.52. The van der Waals surface area contributed by atoms with E-state index < -0.39 is 12.4 Å². The van der Waals surface area contributed by atoms with Crippen molar-refractivity contribution in [3.8, 4) is 0 Å². The van der Waals surface area contributed by atoms with Crippen LogP contribution in [0.5, 0.6) is 0 Å². The van der Waals surface area contributed by atoms with Gasteiger partial charge in [-0.2, -0.15) is 0 Å². The number of rotatable bonds is 4. The molecule has 0 saturated carbocycles. The van der Waals surface area contributed by atoms with E-state index >= 15 is 0 Å². The molecule has 0 bridgehead atoms. The van der Waals surface area contributed by atoms with E-state index in [-0.39, 0.29) is 12.7 Å². The van der Waals surface area contributed by atoms with Crippen molar-refractivity contribution in [2.24, 2.45) is 0 Å². The fourth-order valence-electron chi connectivity index (χ4n) is 1.45. The first-order valence-electron chi connectivity index (χ1n) is 5.03. The Morgan fingerprint density at radius 3 is 2.86 bits per heavy atom. The van der Waals surface area contributed by atoms with Gasteiger partial charge in [0.2, 0.25) is 0 Å². The Kier molecular flexibility index (Phi) is 5.11. The molecule has 1 saturated heterocycles. The molecule has 3 N–H and O–H groups in total. The molecule has 1 aliphatic heterocycles. The maximum absolute atomic E-state index is 9.28. The Balaban J connectivity index is 2.27. The summed E-state index contributed by atoms with van der Waals surface area (Å²) in [6.45, 7) is -0.0281. The van der Waals surface area contributed by atoms with E-state index in [0.717, 1.165) is 12.8 Å². The van der Waals surface area contributed by atoms with Gasteiger partial charge in [0.25, 0.3) is 0 Å². The highest BCUT2D eigenvalue weighted by Crippen LogP contribution is 2.18. The molecule has 1 heterocycles. The van der Waals surface area contributed by atoms with Crippen LogP contribution < -0.4 is 0 Å². The van der Waals surface area contributed by atoms with Gasteiger partial charge in [0, 0.05) is 6.61 Å². The molecule has 0 amide bonds. The van der Waals surface area contributed by atoms with Crippen molar-refractivity contribution in [1.29, 1.82) is 0 Å². The molecule has 1 aliphatic rings. The molecule has 1 fully saturated rings. The number of ether oxygens (including phenoxy) is 1. The maximum atomic E-state index is 9.28. The molecule has 82 valence electrons. The molecular formula is C10H18O4.